The molecule has 0 radical (unpaired) electrons. The van der Waals surface area contributed by atoms with Crippen LogP contribution in [-0.2, 0) is 6.54 Å². The average Bonchev–Trinajstić information content (AvgIpc) is 2.64. The van der Waals surface area contributed by atoms with E-state index in [-0.39, 0.29) is 6.10 Å². The molecule has 0 unspecified atom stereocenters. The molecule has 1 heterocycles. The highest BCUT2D eigenvalue weighted by atomic mass is 16.3. The molecule has 0 spiro atoms. The molecule has 0 atom stereocenters. The minimum atomic E-state index is -0.0742. The highest BCUT2D eigenvalue weighted by Crippen LogP contribution is 2.23. The van der Waals surface area contributed by atoms with Crippen molar-refractivity contribution in [2.75, 3.05) is 26.2 Å². The fourth-order valence-electron chi connectivity index (χ4n) is 3.55. The van der Waals surface area contributed by atoms with Crippen LogP contribution in [0.25, 0.3) is 11.1 Å². The average molecular weight is 338 g/mol. The molecule has 3 heteroatoms. The van der Waals surface area contributed by atoms with Crippen LogP contribution in [0.15, 0.2) is 48.5 Å². The first kappa shape index (κ1) is 18.1. The Morgan fingerprint density at radius 3 is 2.68 bits per heavy atom. The number of nitrogens with one attached hydrogen (secondary N) is 1. The first-order chi connectivity index (χ1) is 12.2. The fourth-order valence-corrected chi connectivity index (χ4v) is 3.55. The van der Waals surface area contributed by atoms with E-state index >= 15 is 0 Å². The van der Waals surface area contributed by atoms with Gasteiger partial charge in [0.2, 0.25) is 0 Å². The molecule has 1 aliphatic heterocycles. The Hall–Kier alpha value is -1.68. The maximum Gasteiger partial charge on any atom is 0.0564 e. The summed E-state index contributed by atoms with van der Waals surface area (Å²) in [6.07, 6.45) is 2.95. The number of likely N-dealkylation sites (tertiary alicyclic amines) is 1. The Morgan fingerprint density at radius 2 is 1.88 bits per heavy atom. The predicted octanol–water partition coefficient (Wildman–Crippen LogP) is 3.60. The second-order valence-electron chi connectivity index (χ2n) is 7.12. The quantitative estimate of drug-likeness (QED) is 0.757. The lowest BCUT2D eigenvalue weighted by atomic mass is 9.99. The van der Waals surface area contributed by atoms with Gasteiger partial charge in [-0.1, -0.05) is 42.5 Å². The van der Waals surface area contributed by atoms with E-state index in [9.17, 15) is 5.11 Å². The van der Waals surface area contributed by atoms with Gasteiger partial charge in [-0.15, -0.1) is 0 Å². The largest absolute Gasteiger partial charge is 0.393 e. The lowest BCUT2D eigenvalue weighted by Gasteiger charge is -2.29. The molecule has 0 saturated carbocycles. The zero-order chi connectivity index (χ0) is 17.5. The normalized spacial score (nSPS) is 16.2. The highest BCUT2D eigenvalue weighted by molar-refractivity contribution is 5.67. The summed E-state index contributed by atoms with van der Waals surface area (Å²) in [5.41, 5.74) is 5.27. The molecule has 2 aromatic rings. The molecule has 3 rings (SSSR count). The summed E-state index contributed by atoms with van der Waals surface area (Å²) < 4.78 is 0. The molecule has 134 valence electrons. The Kier molecular flexibility index (Phi) is 6.62. The summed E-state index contributed by atoms with van der Waals surface area (Å²) in [6, 6.07) is 17.4. The molecule has 2 N–H and O–H groups in total. The van der Waals surface area contributed by atoms with Crippen LogP contribution in [0.1, 0.15) is 30.4 Å². The van der Waals surface area contributed by atoms with Crippen LogP contribution in [0, 0.1) is 6.92 Å². The smallest absolute Gasteiger partial charge is 0.0564 e. The van der Waals surface area contributed by atoms with Crippen molar-refractivity contribution in [3.8, 4) is 11.1 Å². The second kappa shape index (κ2) is 9.14. The monoisotopic (exact) mass is 338 g/mol. The number of rotatable bonds is 7. The Morgan fingerprint density at radius 1 is 1.08 bits per heavy atom. The molecule has 3 nitrogen and oxygen atoms in total. The molecule has 1 fully saturated rings. The van der Waals surface area contributed by atoms with Gasteiger partial charge in [0.05, 0.1) is 6.10 Å². The topological polar surface area (TPSA) is 35.5 Å². The van der Waals surface area contributed by atoms with E-state index in [1.165, 1.54) is 22.3 Å². The molecule has 0 aromatic heterocycles. The van der Waals surface area contributed by atoms with Gasteiger partial charge in [0.25, 0.3) is 0 Å². The summed E-state index contributed by atoms with van der Waals surface area (Å²) in [5.74, 6) is 0. The van der Waals surface area contributed by atoms with Crippen LogP contribution in [0.3, 0.4) is 0 Å². The number of piperidine rings is 1. The van der Waals surface area contributed by atoms with Crippen molar-refractivity contribution in [3.05, 3.63) is 59.7 Å². The van der Waals surface area contributed by atoms with E-state index in [0.29, 0.717) is 0 Å². The first-order valence-electron chi connectivity index (χ1n) is 9.48. The molecule has 0 amide bonds. The first-order valence-corrected chi connectivity index (χ1v) is 9.48. The van der Waals surface area contributed by atoms with Crippen molar-refractivity contribution in [1.29, 1.82) is 0 Å². The van der Waals surface area contributed by atoms with Gasteiger partial charge >= 0.3 is 0 Å². The van der Waals surface area contributed by atoms with Gasteiger partial charge in [0.1, 0.15) is 0 Å². The van der Waals surface area contributed by atoms with Crippen molar-refractivity contribution >= 4 is 0 Å². The van der Waals surface area contributed by atoms with Crippen LogP contribution >= 0.6 is 0 Å². The number of hydrogen-bond acceptors (Lipinski definition) is 3. The third kappa shape index (κ3) is 5.40. The van der Waals surface area contributed by atoms with Gasteiger partial charge in [0.15, 0.2) is 0 Å². The van der Waals surface area contributed by atoms with Crippen LogP contribution in [0.4, 0.5) is 0 Å². The highest BCUT2D eigenvalue weighted by Gasteiger charge is 2.15. The van der Waals surface area contributed by atoms with Crippen LogP contribution in [-0.4, -0.2) is 42.3 Å². The predicted molar refractivity (Wildman–Crippen MR) is 105 cm³/mol. The summed E-state index contributed by atoms with van der Waals surface area (Å²) in [5, 5.41) is 13.1. The van der Waals surface area contributed by atoms with E-state index in [0.717, 1.165) is 52.0 Å². The minimum Gasteiger partial charge on any atom is -0.393 e. The molecular weight excluding hydrogens is 308 g/mol. The number of hydrogen-bond donors (Lipinski definition) is 2. The number of aryl methyl sites for hydroxylation is 1. The molecule has 0 bridgehead atoms. The standard InChI is InChI=1S/C22H30N2O/c1-18-6-2-3-9-22(18)20-8-4-7-19(16-20)17-23-12-5-13-24-14-10-21(25)11-15-24/h2-4,6-9,16,21,23,25H,5,10-15,17H2,1H3. The zero-order valence-corrected chi connectivity index (χ0v) is 15.2. The zero-order valence-electron chi connectivity index (χ0n) is 15.2. The van der Waals surface area contributed by atoms with E-state index in [1.807, 2.05) is 0 Å². The van der Waals surface area contributed by atoms with Gasteiger partial charge in [-0.25, -0.2) is 0 Å². The van der Waals surface area contributed by atoms with Crippen molar-refractivity contribution in [1.82, 2.24) is 10.2 Å². The van der Waals surface area contributed by atoms with Crippen LogP contribution in [0.2, 0.25) is 0 Å². The number of nitrogens with zero attached hydrogens (tertiary/aromatic N) is 1. The van der Waals surface area contributed by atoms with E-state index in [1.54, 1.807) is 0 Å². The molecule has 0 aliphatic carbocycles. The van der Waals surface area contributed by atoms with Gasteiger partial charge in [-0.3, -0.25) is 0 Å². The van der Waals surface area contributed by atoms with Crippen molar-refractivity contribution in [2.24, 2.45) is 0 Å². The van der Waals surface area contributed by atoms with Gasteiger partial charge in [-0.2, -0.15) is 0 Å². The van der Waals surface area contributed by atoms with Gasteiger partial charge < -0.3 is 15.3 Å². The lowest BCUT2D eigenvalue weighted by molar-refractivity contribution is 0.0821. The van der Waals surface area contributed by atoms with Crippen molar-refractivity contribution in [3.63, 3.8) is 0 Å². The SMILES string of the molecule is Cc1ccccc1-c1cccc(CNCCCN2CCC(O)CC2)c1. The number of aliphatic hydroxyl groups is 1. The molecular formula is C22H30N2O. The third-order valence-corrected chi connectivity index (χ3v) is 5.10. The third-order valence-electron chi connectivity index (χ3n) is 5.10. The summed E-state index contributed by atoms with van der Waals surface area (Å²) in [6.45, 7) is 7.33. The maximum absolute atomic E-state index is 9.55. The maximum atomic E-state index is 9.55. The molecule has 25 heavy (non-hydrogen) atoms. The van der Waals surface area contributed by atoms with E-state index < -0.39 is 0 Å². The Labute approximate surface area is 151 Å². The lowest BCUT2D eigenvalue weighted by Crippen LogP contribution is -2.37. The van der Waals surface area contributed by atoms with E-state index in [2.05, 4.69) is 65.7 Å². The second-order valence-corrected chi connectivity index (χ2v) is 7.12. The molecule has 1 saturated heterocycles. The Balaban J connectivity index is 1.43. The van der Waals surface area contributed by atoms with Crippen molar-refractivity contribution < 1.29 is 5.11 Å². The number of aliphatic hydroxyl groups excluding tert-OH is 1. The van der Waals surface area contributed by atoms with Gasteiger partial charge in [0, 0.05) is 19.6 Å². The summed E-state index contributed by atoms with van der Waals surface area (Å²) in [7, 11) is 0. The van der Waals surface area contributed by atoms with Gasteiger partial charge in [-0.05, 0) is 67.6 Å². The fraction of sp³-hybridized carbons (Fsp3) is 0.455. The summed E-state index contributed by atoms with van der Waals surface area (Å²) in [4.78, 5) is 2.47. The minimum absolute atomic E-state index is 0.0742. The van der Waals surface area contributed by atoms with Crippen LogP contribution in [0.5, 0.6) is 0 Å². The van der Waals surface area contributed by atoms with Crippen molar-refractivity contribution in [2.45, 2.75) is 38.8 Å². The summed E-state index contributed by atoms with van der Waals surface area (Å²) >= 11 is 0. The van der Waals surface area contributed by atoms with E-state index in [4.69, 9.17) is 0 Å². The Bertz CT molecular complexity index is 663. The molecule has 1 aliphatic rings. The van der Waals surface area contributed by atoms with Crippen LogP contribution < -0.4 is 5.32 Å². The molecule has 2 aromatic carbocycles. The number of benzene rings is 2.